The van der Waals surface area contributed by atoms with Crippen molar-refractivity contribution in [3.05, 3.63) is 23.9 Å². The third-order valence-electron chi connectivity index (χ3n) is 2.17. The number of nitrogens with zero attached hydrogens (tertiary/aromatic N) is 1. The Morgan fingerprint density at radius 1 is 1.64 bits per heavy atom. The molecule has 0 saturated carbocycles. The summed E-state index contributed by atoms with van der Waals surface area (Å²) < 4.78 is 0. The molecular weight excluding hydrogens is 184 g/mol. The molecule has 2 heterocycles. The van der Waals surface area contributed by atoms with Gasteiger partial charge in [-0.3, -0.25) is 9.59 Å². The number of fused-ring (bicyclic) bond motifs is 1. The molecule has 1 amide bonds. The molecule has 2 N–H and O–H groups in total. The standard InChI is InChI=1S/C9H8N2O3/c12-8-6(9(13)14)4-5-2-1-3-10-7(5)11-8/h1-3,6H,4H2,(H,13,14)(H,10,11,12). The van der Waals surface area contributed by atoms with Crippen LogP contribution >= 0.6 is 0 Å². The third-order valence-corrected chi connectivity index (χ3v) is 2.17. The molecule has 0 bridgehead atoms. The highest BCUT2D eigenvalue weighted by molar-refractivity contribution is 6.06. The van der Waals surface area contributed by atoms with Crippen molar-refractivity contribution in [1.29, 1.82) is 0 Å². The maximum Gasteiger partial charge on any atom is 0.316 e. The Kier molecular flexibility index (Phi) is 1.92. The zero-order valence-corrected chi connectivity index (χ0v) is 7.23. The Morgan fingerprint density at radius 2 is 2.43 bits per heavy atom. The van der Waals surface area contributed by atoms with Crippen LogP contribution in [0.25, 0.3) is 0 Å². The molecule has 5 heteroatoms. The molecular formula is C9H8N2O3. The molecule has 1 aliphatic rings. The molecule has 1 aromatic rings. The van der Waals surface area contributed by atoms with Gasteiger partial charge in [0.05, 0.1) is 0 Å². The van der Waals surface area contributed by atoms with Crippen molar-refractivity contribution in [2.75, 3.05) is 5.32 Å². The van der Waals surface area contributed by atoms with Gasteiger partial charge in [0.25, 0.3) is 0 Å². The number of carbonyl (C=O) groups excluding carboxylic acids is 1. The summed E-state index contributed by atoms with van der Waals surface area (Å²) in [4.78, 5) is 25.9. The fourth-order valence-corrected chi connectivity index (χ4v) is 1.43. The highest BCUT2D eigenvalue weighted by atomic mass is 16.4. The number of carbonyl (C=O) groups is 2. The van der Waals surface area contributed by atoms with Gasteiger partial charge in [0, 0.05) is 6.20 Å². The Morgan fingerprint density at radius 3 is 3.14 bits per heavy atom. The molecule has 0 spiro atoms. The first-order valence-electron chi connectivity index (χ1n) is 4.16. The first kappa shape index (κ1) is 8.68. The summed E-state index contributed by atoms with van der Waals surface area (Å²) in [5.41, 5.74) is 0.763. The van der Waals surface area contributed by atoms with E-state index in [1.807, 2.05) is 0 Å². The minimum absolute atomic E-state index is 0.213. The van der Waals surface area contributed by atoms with E-state index in [-0.39, 0.29) is 6.42 Å². The summed E-state index contributed by atoms with van der Waals surface area (Å²) in [5.74, 6) is -2.12. The highest BCUT2D eigenvalue weighted by Crippen LogP contribution is 2.22. The first-order chi connectivity index (χ1) is 6.68. The first-order valence-corrected chi connectivity index (χ1v) is 4.16. The van der Waals surface area contributed by atoms with Crippen LogP contribution in [0.1, 0.15) is 5.56 Å². The molecule has 0 aliphatic carbocycles. The molecule has 14 heavy (non-hydrogen) atoms. The average molecular weight is 192 g/mol. The molecule has 1 atom stereocenters. The molecule has 72 valence electrons. The van der Waals surface area contributed by atoms with Crippen LogP contribution in [0.5, 0.6) is 0 Å². The van der Waals surface area contributed by atoms with Crippen LogP contribution in [-0.2, 0) is 16.0 Å². The van der Waals surface area contributed by atoms with Crippen molar-refractivity contribution in [2.24, 2.45) is 5.92 Å². The second-order valence-electron chi connectivity index (χ2n) is 3.10. The van der Waals surface area contributed by atoms with Gasteiger partial charge in [-0.1, -0.05) is 6.07 Å². The van der Waals surface area contributed by atoms with Gasteiger partial charge in [-0.15, -0.1) is 0 Å². The monoisotopic (exact) mass is 192 g/mol. The lowest BCUT2D eigenvalue weighted by atomic mass is 9.95. The van der Waals surface area contributed by atoms with Gasteiger partial charge in [0.2, 0.25) is 5.91 Å². The van der Waals surface area contributed by atoms with E-state index in [0.29, 0.717) is 5.82 Å². The number of hydrogen-bond donors (Lipinski definition) is 2. The third kappa shape index (κ3) is 1.32. The maximum atomic E-state index is 11.3. The van der Waals surface area contributed by atoms with E-state index in [0.717, 1.165) is 5.56 Å². The fraction of sp³-hybridized carbons (Fsp3) is 0.222. The van der Waals surface area contributed by atoms with Crippen LogP contribution in [-0.4, -0.2) is 22.0 Å². The number of aliphatic carboxylic acids is 1. The quantitative estimate of drug-likeness (QED) is 0.626. The van der Waals surface area contributed by atoms with E-state index in [2.05, 4.69) is 10.3 Å². The molecule has 5 nitrogen and oxygen atoms in total. The number of amides is 1. The number of aromatic nitrogens is 1. The van der Waals surface area contributed by atoms with Crippen molar-refractivity contribution in [1.82, 2.24) is 4.98 Å². The lowest BCUT2D eigenvalue weighted by molar-refractivity contribution is -0.145. The molecule has 0 fully saturated rings. The van der Waals surface area contributed by atoms with Gasteiger partial charge in [-0.25, -0.2) is 4.98 Å². The van der Waals surface area contributed by atoms with E-state index in [9.17, 15) is 9.59 Å². The minimum atomic E-state index is -1.10. The second kappa shape index (κ2) is 3.10. The number of carboxylic acid groups (broad SMARTS) is 1. The minimum Gasteiger partial charge on any atom is -0.481 e. The lowest BCUT2D eigenvalue weighted by Gasteiger charge is -2.20. The summed E-state index contributed by atoms with van der Waals surface area (Å²) in [5, 5.41) is 11.2. The van der Waals surface area contributed by atoms with Crippen molar-refractivity contribution in [2.45, 2.75) is 6.42 Å². The number of nitrogens with one attached hydrogen (secondary N) is 1. The summed E-state index contributed by atoms with van der Waals surface area (Å²) in [6.07, 6.45) is 1.77. The predicted octanol–water partition coefficient (Wildman–Crippen LogP) is 0.277. The highest BCUT2D eigenvalue weighted by Gasteiger charge is 2.32. The van der Waals surface area contributed by atoms with Gasteiger partial charge < -0.3 is 10.4 Å². The van der Waals surface area contributed by atoms with Gasteiger partial charge in [0.15, 0.2) is 0 Å². The summed E-state index contributed by atoms with van der Waals surface area (Å²) in [6, 6.07) is 3.48. The topological polar surface area (TPSA) is 79.3 Å². The Balaban J connectivity index is 2.36. The molecule has 0 aromatic carbocycles. The van der Waals surface area contributed by atoms with Crippen molar-refractivity contribution in [3.63, 3.8) is 0 Å². The smallest absolute Gasteiger partial charge is 0.316 e. The molecule has 1 aromatic heterocycles. The van der Waals surface area contributed by atoms with Crippen LogP contribution in [0, 0.1) is 5.92 Å². The van der Waals surface area contributed by atoms with Crippen LogP contribution in [0.15, 0.2) is 18.3 Å². The van der Waals surface area contributed by atoms with Crippen LogP contribution in [0.2, 0.25) is 0 Å². The number of hydrogen-bond acceptors (Lipinski definition) is 3. The Bertz CT molecular complexity index is 403. The summed E-state index contributed by atoms with van der Waals surface area (Å²) in [7, 11) is 0. The second-order valence-corrected chi connectivity index (χ2v) is 3.10. The van der Waals surface area contributed by atoms with Crippen molar-refractivity contribution >= 4 is 17.7 Å². The lowest BCUT2D eigenvalue weighted by Crippen LogP contribution is -2.35. The SMILES string of the molecule is O=C(O)C1Cc2cccnc2NC1=O. The number of anilines is 1. The van der Waals surface area contributed by atoms with Crippen molar-refractivity contribution < 1.29 is 14.7 Å². The van der Waals surface area contributed by atoms with Gasteiger partial charge in [-0.05, 0) is 18.1 Å². The van der Waals surface area contributed by atoms with Crippen LogP contribution < -0.4 is 5.32 Å². The zero-order valence-electron chi connectivity index (χ0n) is 7.23. The van der Waals surface area contributed by atoms with Crippen molar-refractivity contribution in [3.8, 4) is 0 Å². The number of pyridine rings is 1. The van der Waals surface area contributed by atoms with E-state index in [1.165, 1.54) is 0 Å². The number of rotatable bonds is 1. The molecule has 0 radical (unpaired) electrons. The molecule has 1 unspecified atom stereocenters. The number of carboxylic acids is 1. The Hall–Kier alpha value is -1.91. The summed E-state index contributed by atoms with van der Waals surface area (Å²) in [6.45, 7) is 0. The van der Waals surface area contributed by atoms with E-state index < -0.39 is 17.8 Å². The maximum absolute atomic E-state index is 11.3. The fourth-order valence-electron chi connectivity index (χ4n) is 1.43. The van der Waals surface area contributed by atoms with E-state index >= 15 is 0 Å². The van der Waals surface area contributed by atoms with E-state index in [1.54, 1.807) is 18.3 Å². The average Bonchev–Trinajstić information content (AvgIpc) is 2.16. The summed E-state index contributed by atoms with van der Waals surface area (Å²) >= 11 is 0. The van der Waals surface area contributed by atoms with Crippen LogP contribution in [0.3, 0.4) is 0 Å². The molecule has 0 saturated heterocycles. The van der Waals surface area contributed by atoms with Crippen LogP contribution in [0.4, 0.5) is 5.82 Å². The van der Waals surface area contributed by atoms with Gasteiger partial charge in [0.1, 0.15) is 11.7 Å². The van der Waals surface area contributed by atoms with Gasteiger partial charge in [-0.2, -0.15) is 0 Å². The Labute approximate surface area is 79.8 Å². The molecule has 1 aliphatic heterocycles. The zero-order chi connectivity index (χ0) is 10.1. The normalized spacial score (nSPS) is 19.7. The largest absolute Gasteiger partial charge is 0.481 e. The predicted molar refractivity (Wildman–Crippen MR) is 47.7 cm³/mol. The van der Waals surface area contributed by atoms with E-state index in [4.69, 9.17) is 5.11 Å². The van der Waals surface area contributed by atoms with Gasteiger partial charge >= 0.3 is 5.97 Å². The molecule has 2 rings (SSSR count).